The summed E-state index contributed by atoms with van der Waals surface area (Å²) >= 11 is 3.30. The van der Waals surface area contributed by atoms with Crippen LogP contribution in [0.25, 0.3) is 22.6 Å². The van der Waals surface area contributed by atoms with Gasteiger partial charge in [0.15, 0.2) is 11.5 Å². The lowest BCUT2D eigenvalue weighted by atomic mass is 10.1. The molecule has 0 radical (unpaired) electrons. The summed E-state index contributed by atoms with van der Waals surface area (Å²) in [6.45, 7) is 0.500. The topological polar surface area (TPSA) is 102 Å². The molecule has 2 aromatic carbocycles. The standard InChI is InChI=1S/C20H15BrN2O5/c1-28-16-8-10(7-14(21)17(16)24)6-11-4-5-23-18(11)22-15-9-12(20(26)27)2-3-13(15)19(23)25/h2-3,6-9,24H,4-5H2,1H3,(H,26,27). The molecule has 0 fully saturated rings. The Bertz CT molecular complexity index is 1230. The number of aromatic nitrogens is 2. The molecule has 1 aliphatic rings. The van der Waals surface area contributed by atoms with E-state index in [-0.39, 0.29) is 16.9 Å². The lowest BCUT2D eigenvalue weighted by Gasteiger charge is -2.08. The smallest absolute Gasteiger partial charge is 0.335 e. The van der Waals surface area contributed by atoms with Crippen LogP contribution in [0.2, 0.25) is 0 Å². The number of carbonyl (C=O) groups is 1. The Balaban J connectivity index is 1.88. The van der Waals surface area contributed by atoms with Gasteiger partial charge in [-0.1, -0.05) is 0 Å². The summed E-state index contributed by atoms with van der Waals surface area (Å²) in [5.74, 6) is -0.212. The summed E-state index contributed by atoms with van der Waals surface area (Å²) in [6.07, 6.45) is 2.50. The number of methoxy groups -OCH3 is 1. The minimum atomic E-state index is -1.07. The highest BCUT2D eigenvalue weighted by atomic mass is 79.9. The number of allylic oxidation sites excluding steroid dienone is 1. The van der Waals surface area contributed by atoms with Crippen LogP contribution >= 0.6 is 15.9 Å². The molecule has 0 amide bonds. The number of nitrogens with zero attached hydrogens (tertiary/aromatic N) is 2. The van der Waals surface area contributed by atoms with Gasteiger partial charge in [-0.25, -0.2) is 9.78 Å². The third kappa shape index (κ3) is 2.95. The molecule has 0 bridgehead atoms. The van der Waals surface area contributed by atoms with Crippen molar-refractivity contribution < 1.29 is 19.7 Å². The zero-order chi connectivity index (χ0) is 20.0. The van der Waals surface area contributed by atoms with Gasteiger partial charge < -0.3 is 14.9 Å². The first-order valence-corrected chi connectivity index (χ1v) is 9.23. The molecule has 0 spiro atoms. The molecule has 2 heterocycles. The maximum atomic E-state index is 12.8. The van der Waals surface area contributed by atoms with Gasteiger partial charge in [0.25, 0.3) is 5.56 Å². The quantitative estimate of drug-likeness (QED) is 0.643. The van der Waals surface area contributed by atoms with E-state index < -0.39 is 5.97 Å². The number of aromatic hydroxyl groups is 1. The number of halogens is 1. The van der Waals surface area contributed by atoms with Gasteiger partial charge in [0.05, 0.1) is 28.0 Å². The fourth-order valence-corrected chi connectivity index (χ4v) is 3.78. The van der Waals surface area contributed by atoms with E-state index in [1.807, 2.05) is 6.08 Å². The zero-order valence-electron chi connectivity index (χ0n) is 14.8. The SMILES string of the molecule is COc1cc(C=C2CCn3c2nc2cc(C(=O)O)ccc2c3=O)cc(Br)c1O. The average Bonchev–Trinajstić information content (AvgIpc) is 3.07. The number of hydrogen-bond acceptors (Lipinski definition) is 5. The zero-order valence-corrected chi connectivity index (χ0v) is 16.4. The minimum absolute atomic E-state index is 0.0120. The molecule has 0 unspecified atom stereocenters. The summed E-state index contributed by atoms with van der Waals surface area (Å²) in [7, 11) is 1.47. The van der Waals surface area contributed by atoms with Crippen LogP contribution in [0.5, 0.6) is 11.5 Å². The molecule has 0 saturated carbocycles. The van der Waals surface area contributed by atoms with Crippen LogP contribution in [-0.4, -0.2) is 32.8 Å². The highest BCUT2D eigenvalue weighted by molar-refractivity contribution is 9.10. The van der Waals surface area contributed by atoms with Crippen LogP contribution in [0.3, 0.4) is 0 Å². The Morgan fingerprint density at radius 1 is 1.32 bits per heavy atom. The van der Waals surface area contributed by atoms with Crippen LogP contribution in [0.1, 0.15) is 28.2 Å². The fraction of sp³-hybridized carbons (Fsp3) is 0.150. The largest absolute Gasteiger partial charge is 0.503 e. The predicted octanol–water partition coefficient (Wildman–Crippen LogP) is 3.52. The monoisotopic (exact) mass is 442 g/mol. The first kappa shape index (κ1) is 18.2. The van der Waals surface area contributed by atoms with E-state index in [4.69, 9.17) is 4.74 Å². The molecule has 1 aliphatic heterocycles. The summed E-state index contributed by atoms with van der Waals surface area (Å²) in [6, 6.07) is 7.76. The second kappa shape index (κ2) is 6.79. The molecule has 7 nitrogen and oxygen atoms in total. The van der Waals surface area contributed by atoms with E-state index in [1.54, 1.807) is 16.7 Å². The number of benzene rings is 2. The lowest BCUT2D eigenvalue weighted by Crippen LogP contribution is -2.21. The molecule has 0 atom stereocenters. The van der Waals surface area contributed by atoms with Crippen LogP contribution in [0.4, 0.5) is 0 Å². The summed E-state index contributed by atoms with van der Waals surface area (Å²) in [5, 5.41) is 19.6. The van der Waals surface area contributed by atoms with Crippen molar-refractivity contribution in [3.8, 4) is 11.5 Å². The molecule has 4 rings (SSSR count). The number of hydrogen-bond donors (Lipinski definition) is 2. The van der Waals surface area contributed by atoms with E-state index in [0.717, 1.165) is 11.1 Å². The average molecular weight is 443 g/mol. The molecule has 1 aromatic heterocycles. The van der Waals surface area contributed by atoms with E-state index >= 15 is 0 Å². The summed E-state index contributed by atoms with van der Waals surface area (Å²) in [4.78, 5) is 28.6. The van der Waals surface area contributed by atoms with Crippen molar-refractivity contribution in [3.05, 3.63) is 62.1 Å². The van der Waals surface area contributed by atoms with Gasteiger partial charge in [-0.2, -0.15) is 0 Å². The van der Waals surface area contributed by atoms with E-state index in [2.05, 4.69) is 20.9 Å². The summed E-state index contributed by atoms with van der Waals surface area (Å²) < 4.78 is 7.27. The van der Waals surface area contributed by atoms with Crippen LogP contribution in [0, 0.1) is 0 Å². The van der Waals surface area contributed by atoms with Crippen LogP contribution in [-0.2, 0) is 6.54 Å². The Morgan fingerprint density at radius 2 is 2.11 bits per heavy atom. The Morgan fingerprint density at radius 3 is 2.82 bits per heavy atom. The Labute approximate surface area is 167 Å². The van der Waals surface area contributed by atoms with Crippen molar-refractivity contribution in [2.45, 2.75) is 13.0 Å². The second-order valence-corrected chi connectivity index (χ2v) is 7.26. The van der Waals surface area contributed by atoms with Gasteiger partial charge in [0, 0.05) is 6.54 Å². The van der Waals surface area contributed by atoms with Crippen molar-refractivity contribution in [2.24, 2.45) is 0 Å². The number of carboxylic acid groups (broad SMARTS) is 1. The van der Waals surface area contributed by atoms with Gasteiger partial charge in [-0.15, -0.1) is 0 Å². The highest BCUT2D eigenvalue weighted by Gasteiger charge is 2.22. The molecule has 3 aromatic rings. The molecular formula is C20H15BrN2O5. The molecule has 28 heavy (non-hydrogen) atoms. The third-order valence-corrected chi connectivity index (χ3v) is 5.31. The van der Waals surface area contributed by atoms with Crippen LogP contribution in [0.15, 0.2) is 39.6 Å². The van der Waals surface area contributed by atoms with Crippen molar-refractivity contribution in [2.75, 3.05) is 7.11 Å². The van der Waals surface area contributed by atoms with E-state index in [9.17, 15) is 19.8 Å². The first-order valence-electron chi connectivity index (χ1n) is 8.44. The number of ether oxygens (including phenoxy) is 1. The van der Waals surface area contributed by atoms with Crippen molar-refractivity contribution in [1.82, 2.24) is 9.55 Å². The maximum absolute atomic E-state index is 12.8. The minimum Gasteiger partial charge on any atom is -0.503 e. The van der Waals surface area contributed by atoms with E-state index in [0.29, 0.717) is 39.9 Å². The molecule has 2 N–H and O–H groups in total. The second-order valence-electron chi connectivity index (χ2n) is 6.40. The number of aromatic carboxylic acids is 1. The van der Waals surface area contributed by atoms with Crippen LogP contribution < -0.4 is 10.3 Å². The van der Waals surface area contributed by atoms with Gasteiger partial charge in [0.1, 0.15) is 5.82 Å². The normalized spacial score (nSPS) is 14.4. The van der Waals surface area contributed by atoms with Gasteiger partial charge in [-0.05, 0) is 69.9 Å². The Kier molecular flexibility index (Phi) is 4.43. The molecular weight excluding hydrogens is 428 g/mol. The van der Waals surface area contributed by atoms with Crippen molar-refractivity contribution in [1.29, 1.82) is 0 Å². The van der Waals surface area contributed by atoms with E-state index in [1.165, 1.54) is 25.3 Å². The predicted molar refractivity (Wildman–Crippen MR) is 108 cm³/mol. The number of carboxylic acids is 1. The third-order valence-electron chi connectivity index (χ3n) is 4.71. The van der Waals surface area contributed by atoms with Gasteiger partial charge in [-0.3, -0.25) is 9.36 Å². The molecule has 8 heteroatoms. The Hall–Kier alpha value is -3.13. The highest BCUT2D eigenvalue weighted by Crippen LogP contribution is 2.37. The van der Waals surface area contributed by atoms with Gasteiger partial charge in [0.2, 0.25) is 0 Å². The fourth-order valence-electron chi connectivity index (χ4n) is 3.32. The maximum Gasteiger partial charge on any atom is 0.335 e. The van der Waals surface area contributed by atoms with Crippen molar-refractivity contribution >= 4 is 44.5 Å². The molecule has 0 aliphatic carbocycles. The number of phenolic OH excluding ortho intramolecular Hbond substituents is 1. The molecule has 0 saturated heterocycles. The summed E-state index contributed by atoms with van der Waals surface area (Å²) in [5.41, 5.74) is 1.87. The number of rotatable bonds is 3. The van der Waals surface area contributed by atoms with Gasteiger partial charge >= 0.3 is 5.97 Å². The molecule has 142 valence electrons. The first-order chi connectivity index (χ1) is 13.4. The lowest BCUT2D eigenvalue weighted by molar-refractivity contribution is 0.0697. The number of fused-ring (bicyclic) bond motifs is 2. The number of phenols is 1. The van der Waals surface area contributed by atoms with Crippen molar-refractivity contribution in [3.63, 3.8) is 0 Å².